The highest BCUT2D eigenvalue weighted by atomic mass is 15.5. The van der Waals surface area contributed by atoms with Gasteiger partial charge in [0.25, 0.3) is 0 Å². The predicted molar refractivity (Wildman–Crippen MR) is 82.7 cm³/mol. The molecule has 1 heterocycles. The van der Waals surface area contributed by atoms with E-state index in [0.29, 0.717) is 0 Å². The molecule has 0 bridgehead atoms. The van der Waals surface area contributed by atoms with Crippen molar-refractivity contribution in [2.45, 2.75) is 13.5 Å². The molecule has 21 heavy (non-hydrogen) atoms. The van der Waals surface area contributed by atoms with Gasteiger partial charge in [-0.2, -0.15) is 0 Å². The Hall–Kier alpha value is -2.69. The van der Waals surface area contributed by atoms with Gasteiger partial charge in [0.2, 0.25) is 0 Å². The van der Waals surface area contributed by atoms with E-state index in [1.807, 2.05) is 25.2 Å². The summed E-state index contributed by atoms with van der Waals surface area (Å²) in [6.45, 7) is 2.90. The van der Waals surface area contributed by atoms with Crippen molar-refractivity contribution in [2.75, 3.05) is 5.32 Å². The van der Waals surface area contributed by atoms with Crippen LogP contribution in [0.1, 0.15) is 11.1 Å². The molecule has 2 aromatic carbocycles. The molecule has 0 atom stereocenters. The zero-order valence-corrected chi connectivity index (χ0v) is 12.1. The van der Waals surface area contributed by atoms with Gasteiger partial charge in [0.05, 0.1) is 0 Å². The maximum absolute atomic E-state index is 4.03. The van der Waals surface area contributed by atoms with Crippen molar-refractivity contribution in [3.63, 3.8) is 0 Å². The van der Waals surface area contributed by atoms with Crippen molar-refractivity contribution in [1.29, 1.82) is 0 Å². The third-order valence-electron chi connectivity index (χ3n) is 3.32. The number of nitrogens with one attached hydrogen (secondary N) is 1. The van der Waals surface area contributed by atoms with Gasteiger partial charge < -0.3 is 5.32 Å². The number of nitrogens with zero attached hydrogens (tertiary/aromatic N) is 4. The minimum Gasteiger partial charge on any atom is -0.381 e. The molecule has 0 aliphatic rings. The van der Waals surface area contributed by atoms with Gasteiger partial charge in [-0.05, 0) is 35.0 Å². The Bertz CT molecular complexity index is 748. The molecule has 0 unspecified atom stereocenters. The lowest BCUT2D eigenvalue weighted by Crippen LogP contribution is -2.00. The van der Waals surface area contributed by atoms with Gasteiger partial charge in [0.15, 0.2) is 5.82 Å². The molecule has 0 saturated heterocycles. The fraction of sp³-hybridized carbons (Fsp3) is 0.188. The monoisotopic (exact) mass is 279 g/mol. The average molecular weight is 279 g/mol. The van der Waals surface area contributed by atoms with Crippen molar-refractivity contribution < 1.29 is 0 Å². The largest absolute Gasteiger partial charge is 0.381 e. The highest BCUT2D eigenvalue weighted by molar-refractivity contribution is 5.62. The summed E-state index contributed by atoms with van der Waals surface area (Å²) in [5.74, 6) is 0.759. The Balaban J connectivity index is 1.76. The number of hydrogen-bond donors (Lipinski definition) is 1. The summed E-state index contributed by atoms with van der Waals surface area (Å²) in [7, 11) is 1.84. The molecule has 0 spiro atoms. The van der Waals surface area contributed by atoms with Gasteiger partial charge >= 0.3 is 0 Å². The summed E-state index contributed by atoms with van der Waals surface area (Å²) in [6.07, 6.45) is 0. The van der Waals surface area contributed by atoms with Crippen LogP contribution < -0.4 is 5.32 Å². The molecule has 0 aliphatic carbocycles. The van der Waals surface area contributed by atoms with Gasteiger partial charge in [-0.25, -0.2) is 4.68 Å². The Morgan fingerprint density at radius 3 is 2.71 bits per heavy atom. The van der Waals surface area contributed by atoms with Crippen molar-refractivity contribution >= 4 is 5.69 Å². The van der Waals surface area contributed by atoms with Crippen LogP contribution >= 0.6 is 0 Å². The summed E-state index contributed by atoms with van der Waals surface area (Å²) in [6, 6.07) is 16.6. The molecule has 3 aromatic rings. The van der Waals surface area contributed by atoms with Gasteiger partial charge in [-0.15, -0.1) is 5.10 Å². The van der Waals surface area contributed by atoms with Crippen LogP contribution in [0.15, 0.2) is 48.5 Å². The summed E-state index contributed by atoms with van der Waals surface area (Å²) in [5, 5.41) is 15.0. The molecule has 0 saturated carbocycles. The third kappa shape index (κ3) is 3.08. The van der Waals surface area contributed by atoms with E-state index >= 15 is 0 Å². The number of tetrazole rings is 1. The fourth-order valence-electron chi connectivity index (χ4n) is 2.27. The molecular weight excluding hydrogens is 262 g/mol. The van der Waals surface area contributed by atoms with Crippen LogP contribution in [0, 0.1) is 6.92 Å². The van der Waals surface area contributed by atoms with Crippen LogP contribution in [0.4, 0.5) is 5.69 Å². The van der Waals surface area contributed by atoms with Gasteiger partial charge in [0.1, 0.15) is 0 Å². The second-order valence-corrected chi connectivity index (χ2v) is 5.05. The second-order valence-electron chi connectivity index (χ2n) is 5.05. The lowest BCUT2D eigenvalue weighted by molar-refractivity contribution is 0.714. The normalized spacial score (nSPS) is 10.6. The molecule has 3 rings (SSSR count). The van der Waals surface area contributed by atoms with E-state index in [1.54, 1.807) is 4.68 Å². The molecule has 5 nitrogen and oxygen atoms in total. The molecule has 0 fully saturated rings. The highest BCUT2D eigenvalue weighted by Crippen LogP contribution is 2.20. The van der Waals surface area contributed by atoms with Gasteiger partial charge in [0, 0.05) is 24.8 Å². The second kappa shape index (κ2) is 5.75. The molecule has 1 N–H and O–H groups in total. The summed E-state index contributed by atoms with van der Waals surface area (Å²) < 4.78 is 1.67. The average Bonchev–Trinajstić information content (AvgIpc) is 2.92. The third-order valence-corrected chi connectivity index (χ3v) is 3.32. The van der Waals surface area contributed by atoms with E-state index in [2.05, 4.69) is 58.1 Å². The molecule has 0 radical (unpaired) electrons. The standard InChI is InChI=1S/C16H17N5/c1-12-5-3-6-13(9-12)11-17-15-8-4-7-14(10-15)16-18-19-20-21(16)2/h3-10,17H,11H2,1-2H3. The first-order valence-corrected chi connectivity index (χ1v) is 6.84. The van der Waals surface area contributed by atoms with E-state index < -0.39 is 0 Å². The Kier molecular flexibility index (Phi) is 3.64. The Morgan fingerprint density at radius 2 is 1.95 bits per heavy atom. The van der Waals surface area contributed by atoms with Crippen LogP contribution in [-0.4, -0.2) is 20.2 Å². The Labute approximate surface area is 123 Å². The van der Waals surface area contributed by atoms with Crippen LogP contribution in [-0.2, 0) is 13.6 Å². The number of benzene rings is 2. The fourth-order valence-corrected chi connectivity index (χ4v) is 2.27. The van der Waals surface area contributed by atoms with E-state index in [-0.39, 0.29) is 0 Å². The van der Waals surface area contributed by atoms with Crippen LogP contribution in [0.5, 0.6) is 0 Å². The molecule has 5 heteroatoms. The van der Waals surface area contributed by atoms with Crippen molar-refractivity contribution in [2.24, 2.45) is 7.05 Å². The minimum atomic E-state index is 0.759. The minimum absolute atomic E-state index is 0.759. The zero-order valence-electron chi connectivity index (χ0n) is 12.1. The maximum atomic E-state index is 4.03. The molecule has 106 valence electrons. The van der Waals surface area contributed by atoms with E-state index in [1.165, 1.54) is 11.1 Å². The SMILES string of the molecule is Cc1cccc(CNc2cccc(-c3nnnn3C)c2)c1. The lowest BCUT2D eigenvalue weighted by atomic mass is 10.1. The van der Waals surface area contributed by atoms with Crippen LogP contribution in [0.3, 0.4) is 0 Å². The summed E-state index contributed by atoms with van der Waals surface area (Å²) >= 11 is 0. The quantitative estimate of drug-likeness (QED) is 0.798. The number of aromatic nitrogens is 4. The molecule has 1 aromatic heterocycles. The predicted octanol–water partition coefficient (Wildman–Crippen LogP) is 2.80. The van der Waals surface area contributed by atoms with E-state index in [0.717, 1.165) is 23.6 Å². The first-order chi connectivity index (χ1) is 10.2. The molecule has 0 aliphatic heterocycles. The van der Waals surface area contributed by atoms with Crippen molar-refractivity contribution in [3.8, 4) is 11.4 Å². The topological polar surface area (TPSA) is 55.6 Å². The Morgan fingerprint density at radius 1 is 1.10 bits per heavy atom. The maximum Gasteiger partial charge on any atom is 0.181 e. The highest BCUT2D eigenvalue weighted by Gasteiger charge is 2.06. The van der Waals surface area contributed by atoms with Gasteiger partial charge in [-0.1, -0.05) is 42.0 Å². The van der Waals surface area contributed by atoms with Crippen molar-refractivity contribution in [1.82, 2.24) is 20.2 Å². The van der Waals surface area contributed by atoms with Crippen molar-refractivity contribution in [3.05, 3.63) is 59.7 Å². The number of hydrogen-bond acceptors (Lipinski definition) is 4. The van der Waals surface area contributed by atoms with E-state index in [4.69, 9.17) is 0 Å². The number of rotatable bonds is 4. The number of aryl methyl sites for hydroxylation is 2. The summed E-state index contributed by atoms with van der Waals surface area (Å²) in [4.78, 5) is 0. The van der Waals surface area contributed by atoms with Crippen LogP contribution in [0.2, 0.25) is 0 Å². The number of anilines is 1. The lowest BCUT2D eigenvalue weighted by Gasteiger charge is -2.08. The first kappa shape index (κ1) is 13.3. The summed E-state index contributed by atoms with van der Waals surface area (Å²) in [5.41, 5.74) is 4.59. The molecular formula is C16H17N5. The van der Waals surface area contributed by atoms with Gasteiger partial charge in [-0.3, -0.25) is 0 Å². The van der Waals surface area contributed by atoms with E-state index in [9.17, 15) is 0 Å². The van der Waals surface area contributed by atoms with Crippen LogP contribution in [0.25, 0.3) is 11.4 Å². The smallest absolute Gasteiger partial charge is 0.181 e. The molecule has 0 amide bonds. The zero-order chi connectivity index (χ0) is 14.7. The first-order valence-electron chi connectivity index (χ1n) is 6.84.